The average Bonchev–Trinajstić information content (AvgIpc) is 3.30. The van der Waals surface area contributed by atoms with Gasteiger partial charge in [-0.2, -0.15) is 0 Å². The van der Waals surface area contributed by atoms with Crippen molar-refractivity contribution in [1.82, 2.24) is 24.1 Å². The van der Waals surface area contributed by atoms with Crippen LogP contribution >= 0.6 is 0 Å². The van der Waals surface area contributed by atoms with Gasteiger partial charge < -0.3 is 13.9 Å². The molecule has 1 N–H and O–H groups in total. The lowest BCUT2D eigenvalue weighted by atomic mass is 10.1. The zero-order valence-corrected chi connectivity index (χ0v) is 16.2. The summed E-state index contributed by atoms with van der Waals surface area (Å²) < 4.78 is 22.8. The summed E-state index contributed by atoms with van der Waals surface area (Å²) in [5.74, 6) is -0.242. The lowest BCUT2D eigenvalue weighted by molar-refractivity contribution is 0.101. The van der Waals surface area contributed by atoms with E-state index in [2.05, 4.69) is 20.3 Å². The summed E-state index contributed by atoms with van der Waals surface area (Å²) in [6, 6.07) is 3.13. The molecule has 1 amide bonds. The molecule has 0 radical (unpaired) electrons. The van der Waals surface area contributed by atoms with Gasteiger partial charge in [0.25, 0.3) is 5.91 Å². The molecule has 1 aromatic carbocycles. The van der Waals surface area contributed by atoms with Crippen LogP contribution in [0.4, 0.5) is 10.3 Å². The van der Waals surface area contributed by atoms with Gasteiger partial charge in [-0.3, -0.25) is 10.1 Å². The monoisotopic (exact) mass is 394 g/mol. The third-order valence-corrected chi connectivity index (χ3v) is 4.69. The Morgan fingerprint density at radius 3 is 2.62 bits per heavy atom. The van der Waals surface area contributed by atoms with Crippen LogP contribution in [0.25, 0.3) is 16.5 Å². The number of amides is 1. The maximum atomic E-state index is 14.2. The minimum Gasteiger partial charge on any atom is -0.494 e. The molecule has 148 valence electrons. The average molecular weight is 394 g/mol. The predicted octanol–water partition coefficient (Wildman–Crippen LogP) is 3.12. The molecule has 0 aliphatic carbocycles. The van der Waals surface area contributed by atoms with Crippen LogP contribution in [0.5, 0.6) is 5.75 Å². The number of aromatic nitrogens is 5. The number of rotatable bonds is 5. The molecular weight excluding hydrogens is 375 g/mol. The molecule has 0 spiro atoms. The van der Waals surface area contributed by atoms with Gasteiger partial charge in [0.15, 0.2) is 11.6 Å². The molecule has 29 heavy (non-hydrogen) atoms. The van der Waals surface area contributed by atoms with Crippen molar-refractivity contribution in [3.8, 4) is 11.4 Å². The van der Waals surface area contributed by atoms with Gasteiger partial charge in [0.1, 0.15) is 0 Å². The lowest BCUT2D eigenvalue weighted by Crippen LogP contribution is -2.18. The van der Waals surface area contributed by atoms with Gasteiger partial charge in [-0.15, -0.1) is 0 Å². The number of carbonyl (C=O) groups is 1. The van der Waals surface area contributed by atoms with Crippen LogP contribution in [0, 0.1) is 5.82 Å². The first kappa shape index (κ1) is 18.6. The molecule has 0 aliphatic heterocycles. The smallest absolute Gasteiger partial charge is 0.295 e. The fourth-order valence-electron chi connectivity index (χ4n) is 3.23. The van der Waals surface area contributed by atoms with E-state index in [4.69, 9.17) is 4.74 Å². The molecule has 4 aromatic rings. The van der Waals surface area contributed by atoms with E-state index in [1.165, 1.54) is 13.2 Å². The summed E-state index contributed by atoms with van der Waals surface area (Å²) in [5.41, 5.74) is 1.58. The van der Waals surface area contributed by atoms with Crippen LogP contribution in [0.3, 0.4) is 0 Å². The second-order valence-electron chi connectivity index (χ2n) is 6.45. The molecule has 3 heterocycles. The Morgan fingerprint density at radius 1 is 1.24 bits per heavy atom. The zero-order valence-electron chi connectivity index (χ0n) is 16.2. The molecule has 0 saturated heterocycles. The normalized spacial score (nSPS) is 11.0. The number of benzene rings is 1. The number of hydrogen-bond donors (Lipinski definition) is 1. The van der Waals surface area contributed by atoms with Gasteiger partial charge in [0.05, 0.1) is 25.2 Å². The van der Waals surface area contributed by atoms with Gasteiger partial charge in [0, 0.05) is 42.1 Å². The number of aryl methyl sites for hydroxylation is 2. The summed E-state index contributed by atoms with van der Waals surface area (Å²) in [6.45, 7) is 1.99. The number of methoxy groups -OCH3 is 1. The van der Waals surface area contributed by atoms with E-state index in [0.29, 0.717) is 18.1 Å². The molecule has 0 atom stereocenters. The molecule has 9 heteroatoms. The van der Waals surface area contributed by atoms with Crippen molar-refractivity contribution in [2.45, 2.75) is 13.3 Å². The highest BCUT2D eigenvalue weighted by atomic mass is 19.1. The molecule has 8 nitrogen and oxygen atoms in total. The minimum absolute atomic E-state index is 0.0271. The van der Waals surface area contributed by atoms with E-state index in [0.717, 1.165) is 16.5 Å². The first-order valence-electron chi connectivity index (χ1n) is 9.00. The van der Waals surface area contributed by atoms with Gasteiger partial charge in [-0.05, 0) is 18.6 Å². The zero-order chi connectivity index (χ0) is 20.5. The van der Waals surface area contributed by atoms with E-state index >= 15 is 0 Å². The second-order valence-corrected chi connectivity index (χ2v) is 6.45. The maximum absolute atomic E-state index is 14.2. The number of nitrogens with one attached hydrogen (secondary N) is 1. The summed E-state index contributed by atoms with van der Waals surface area (Å²) in [5, 5.41) is 4.29. The third kappa shape index (κ3) is 3.31. The number of imidazole rings is 1. The van der Waals surface area contributed by atoms with Crippen LogP contribution in [0.2, 0.25) is 0 Å². The van der Waals surface area contributed by atoms with E-state index in [-0.39, 0.29) is 11.6 Å². The highest BCUT2D eigenvalue weighted by molar-refractivity contribution is 6.00. The molecule has 3 aromatic heterocycles. The van der Waals surface area contributed by atoms with Crippen molar-refractivity contribution in [2.75, 3.05) is 12.4 Å². The Hall–Kier alpha value is -3.75. The Bertz CT molecular complexity index is 1200. The van der Waals surface area contributed by atoms with Gasteiger partial charge in [-0.25, -0.2) is 19.3 Å². The van der Waals surface area contributed by atoms with E-state index in [1.54, 1.807) is 42.5 Å². The van der Waals surface area contributed by atoms with Crippen LogP contribution in [-0.4, -0.2) is 37.1 Å². The van der Waals surface area contributed by atoms with E-state index < -0.39 is 11.7 Å². The predicted molar refractivity (Wildman–Crippen MR) is 106 cm³/mol. The van der Waals surface area contributed by atoms with E-state index in [9.17, 15) is 9.18 Å². The molecule has 0 saturated carbocycles. The quantitative estimate of drug-likeness (QED) is 0.562. The summed E-state index contributed by atoms with van der Waals surface area (Å²) >= 11 is 0. The Balaban J connectivity index is 1.67. The second kappa shape index (κ2) is 7.34. The topological polar surface area (TPSA) is 86.9 Å². The number of anilines is 1. The number of fused-ring (bicyclic) bond motifs is 1. The lowest BCUT2D eigenvalue weighted by Gasteiger charge is -2.08. The molecule has 0 unspecified atom stereocenters. The number of ether oxygens (including phenoxy) is 1. The minimum atomic E-state index is -0.453. The first-order chi connectivity index (χ1) is 14.0. The summed E-state index contributed by atoms with van der Waals surface area (Å²) in [7, 11) is 3.21. The summed E-state index contributed by atoms with van der Waals surface area (Å²) in [6.07, 6.45) is 8.98. The van der Waals surface area contributed by atoms with Gasteiger partial charge in [-0.1, -0.05) is 6.92 Å². The Kier molecular flexibility index (Phi) is 4.71. The van der Waals surface area contributed by atoms with Crippen molar-refractivity contribution in [3.05, 3.63) is 60.5 Å². The van der Waals surface area contributed by atoms with Gasteiger partial charge in [0.2, 0.25) is 11.8 Å². The number of nitrogens with zero attached hydrogens (tertiary/aromatic N) is 5. The largest absolute Gasteiger partial charge is 0.494 e. The Labute approximate surface area is 166 Å². The molecule has 0 aliphatic rings. The van der Waals surface area contributed by atoms with E-state index in [1.807, 2.05) is 17.7 Å². The van der Waals surface area contributed by atoms with Crippen molar-refractivity contribution in [2.24, 2.45) is 7.05 Å². The first-order valence-corrected chi connectivity index (χ1v) is 9.00. The SMILES string of the molecule is CCc1c2cc(F)c(OC)cc2cn1-c1cnc(C(=O)Nc2nccn2C)nc1. The van der Waals surface area contributed by atoms with Crippen LogP contribution in [-0.2, 0) is 13.5 Å². The third-order valence-electron chi connectivity index (χ3n) is 4.69. The number of carbonyl (C=O) groups excluding carboxylic acids is 1. The van der Waals surface area contributed by atoms with Crippen molar-refractivity contribution < 1.29 is 13.9 Å². The van der Waals surface area contributed by atoms with Crippen molar-refractivity contribution in [3.63, 3.8) is 0 Å². The van der Waals surface area contributed by atoms with Gasteiger partial charge >= 0.3 is 0 Å². The molecular formula is C20H19FN6O2. The molecule has 4 rings (SSSR count). The standard InChI is InChI=1S/C20H19FN6O2/c1-4-16-14-8-15(21)17(29-3)7-12(14)11-27(16)13-9-23-18(24-10-13)19(28)25-20-22-5-6-26(20)2/h5-11H,4H2,1-3H3,(H,22,25,28). The fraction of sp³-hybridized carbons (Fsp3) is 0.200. The molecule has 0 fully saturated rings. The maximum Gasteiger partial charge on any atom is 0.295 e. The fourth-order valence-corrected chi connectivity index (χ4v) is 3.23. The van der Waals surface area contributed by atoms with Crippen LogP contribution < -0.4 is 10.1 Å². The Morgan fingerprint density at radius 2 is 2.00 bits per heavy atom. The van der Waals surface area contributed by atoms with Crippen molar-refractivity contribution >= 4 is 22.6 Å². The summed E-state index contributed by atoms with van der Waals surface area (Å²) in [4.78, 5) is 24.7. The van der Waals surface area contributed by atoms with Crippen LogP contribution in [0.15, 0.2) is 43.1 Å². The van der Waals surface area contributed by atoms with Crippen LogP contribution in [0.1, 0.15) is 23.2 Å². The van der Waals surface area contributed by atoms with Crippen molar-refractivity contribution in [1.29, 1.82) is 0 Å². The molecule has 0 bridgehead atoms. The highest BCUT2D eigenvalue weighted by Gasteiger charge is 2.16. The number of halogens is 1. The highest BCUT2D eigenvalue weighted by Crippen LogP contribution is 2.30. The number of hydrogen-bond acceptors (Lipinski definition) is 5.